The summed E-state index contributed by atoms with van der Waals surface area (Å²) in [5.74, 6) is 0.259. The van der Waals surface area contributed by atoms with Gasteiger partial charge in [0.25, 0.3) is 0 Å². The van der Waals surface area contributed by atoms with Crippen LogP contribution in [0, 0.1) is 0 Å². The Labute approximate surface area is 155 Å². The van der Waals surface area contributed by atoms with Gasteiger partial charge in [0.2, 0.25) is 5.91 Å². The molecular formula is C19H28ClN3O2. The molecule has 5 nitrogen and oxygen atoms in total. The fourth-order valence-corrected chi connectivity index (χ4v) is 3.90. The number of rotatable bonds is 5. The van der Waals surface area contributed by atoms with Gasteiger partial charge in [0, 0.05) is 63.3 Å². The van der Waals surface area contributed by atoms with Gasteiger partial charge in [-0.3, -0.25) is 9.69 Å². The number of ether oxygens (including phenoxy) is 1. The lowest BCUT2D eigenvalue weighted by Gasteiger charge is -2.38. The van der Waals surface area contributed by atoms with Crippen LogP contribution in [-0.2, 0) is 9.53 Å². The van der Waals surface area contributed by atoms with E-state index in [1.807, 2.05) is 23.1 Å². The first-order valence-corrected chi connectivity index (χ1v) is 9.59. The summed E-state index contributed by atoms with van der Waals surface area (Å²) in [5.41, 5.74) is 1.19. The monoisotopic (exact) mass is 365 g/mol. The maximum absolute atomic E-state index is 12.3. The number of carbonyl (C=O) groups is 1. The van der Waals surface area contributed by atoms with Crippen molar-refractivity contribution >= 4 is 17.5 Å². The van der Waals surface area contributed by atoms with Crippen molar-refractivity contribution in [2.75, 3.05) is 59.0 Å². The number of amides is 1. The minimum atomic E-state index is 0.259. The summed E-state index contributed by atoms with van der Waals surface area (Å²) in [6.45, 7) is 9.93. The van der Waals surface area contributed by atoms with Crippen LogP contribution in [0.15, 0.2) is 24.3 Å². The SMILES string of the molecule is CC(c1ccccc1Cl)N1CCN(CCC(=O)N2CCOCC2)CC1. The Kier molecular flexibility index (Phi) is 6.70. The van der Waals surface area contributed by atoms with Crippen molar-refractivity contribution in [2.24, 2.45) is 0 Å². The van der Waals surface area contributed by atoms with Crippen LogP contribution < -0.4 is 0 Å². The molecule has 0 aliphatic carbocycles. The third-order valence-corrected chi connectivity index (χ3v) is 5.66. The predicted molar refractivity (Wildman–Crippen MR) is 99.9 cm³/mol. The highest BCUT2D eigenvalue weighted by molar-refractivity contribution is 6.31. The van der Waals surface area contributed by atoms with Gasteiger partial charge in [-0.1, -0.05) is 29.8 Å². The Balaban J connectivity index is 1.42. The molecule has 0 spiro atoms. The van der Waals surface area contributed by atoms with Gasteiger partial charge >= 0.3 is 0 Å². The van der Waals surface area contributed by atoms with Crippen LogP contribution in [0.25, 0.3) is 0 Å². The van der Waals surface area contributed by atoms with Gasteiger partial charge in [-0.05, 0) is 18.6 Å². The van der Waals surface area contributed by atoms with Crippen LogP contribution in [0.1, 0.15) is 24.9 Å². The van der Waals surface area contributed by atoms with Crippen molar-refractivity contribution in [2.45, 2.75) is 19.4 Å². The number of carbonyl (C=O) groups excluding carboxylic acids is 1. The molecule has 2 aliphatic rings. The number of piperazine rings is 1. The fourth-order valence-electron chi connectivity index (χ4n) is 3.61. The Morgan fingerprint density at radius 2 is 1.80 bits per heavy atom. The Hall–Kier alpha value is -1.14. The van der Waals surface area contributed by atoms with Gasteiger partial charge in [-0.15, -0.1) is 0 Å². The topological polar surface area (TPSA) is 36.0 Å². The molecule has 3 rings (SSSR count). The van der Waals surface area contributed by atoms with Crippen molar-refractivity contribution in [1.29, 1.82) is 0 Å². The van der Waals surface area contributed by atoms with Crippen molar-refractivity contribution in [1.82, 2.24) is 14.7 Å². The molecule has 1 unspecified atom stereocenters. The van der Waals surface area contributed by atoms with Gasteiger partial charge in [-0.2, -0.15) is 0 Å². The molecule has 0 aromatic heterocycles. The third kappa shape index (κ3) is 4.94. The second-order valence-corrected chi connectivity index (χ2v) is 7.23. The first-order chi connectivity index (χ1) is 12.1. The lowest BCUT2D eigenvalue weighted by atomic mass is 10.1. The summed E-state index contributed by atoms with van der Waals surface area (Å²) in [6, 6.07) is 8.42. The molecule has 0 N–H and O–H groups in total. The second-order valence-electron chi connectivity index (χ2n) is 6.82. The molecule has 2 saturated heterocycles. The predicted octanol–water partition coefficient (Wildman–Crippen LogP) is 2.27. The highest BCUT2D eigenvalue weighted by Crippen LogP contribution is 2.27. The zero-order chi connectivity index (χ0) is 17.6. The van der Waals surface area contributed by atoms with E-state index >= 15 is 0 Å². The van der Waals surface area contributed by atoms with Gasteiger partial charge in [0.05, 0.1) is 13.2 Å². The van der Waals surface area contributed by atoms with E-state index in [-0.39, 0.29) is 5.91 Å². The van der Waals surface area contributed by atoms with E-state index in [1.165, 1.54) is 5.56 Å². The number of benzene rings is 1. The van der Waals surface area contributed by atoms with Crippen molar-refractivity contribution in [3.8, 4) is 0 Å². The molecule has 138 valence electrons. The summed E-state index contributed by atoms with van der Waals surface area (Å²) in [6.07, 6.45) is 0.611. The Morgan fingerprint density at radius 1 is 1.12 bits per heavy atom. The number of hydrogen-bond acceptors (Lipinski definition) is 4. The van der Waals surface area contributed by atoms with E-state index < -0.39 is 0 Å². The van der Waals surface area contributed by atoms with Crippen LogP contribution in [0.4, 0.5) is 0 Å². The molecule has 0 bridgehead atoms. The zero-order valence-electron chi connectivity index (χ0n) is 15.0. The van der Waals surface area contributed by atoms with Crippen LogP contribution in [0.5, 0.6) is 0 Å². The highest BCUT2D eigenvalue weighted by atomic mass is 35.5. The van der Waals surface area contributed by atoms with Gasteiger partial charge in [0.15, 0.2) is 0 Å². The number of halogens is 1. The molecule has 6 heteroatoms. The summed E-state index contributed by atoms with van der Waals surface area (Å²) in [7, 11) is 0. The molecule has 2 heterocycles. The van der Waals surface area contributed by atoms with E-state index in [1.54, 1.807) is 0 Å². The fraction of sp³-hybridized carbons (Fsp3) is 0.632. The van der Waals surface area contributed by atoms with Crippen LogP contribution in [-0.4, -0.2) is 79.6 Å². The summed E-state index contributed by atoms with van der Waals surface area (Å²) >= 11 is 6.34. The first-order valence-electron chi connectivity index (χ1n) is 9.21. The largest absolute Gasteiger partial charge is 0.378 e. The summed E-state index contributed by atoms with van der Waals surface area (Å²) in [4.78, 5) is 19.1. The average molecular weight is 366 g/mol. The molecule has 1 amide bonds. The molecule has 1 aromatic rings. The Bertz CT molecular complexity index is 570. The van der Waals surface area contributed by atoms with Crippen LogP contribution in [0.3, 0.4) is 0 Å². The van der Waals surface area contributed by atoms with Crippen LogP contribution in [0.2, 0.25) is 5.02 Å². The lowest BCUT2D eigenvalue weighted by Crippen LogP contribution is -2.48. The normalized spacial score (nSPS) is 21.3. The lowest BCUT2D eigenvalue weighted by molar-refractivity contribution is -0.135. The maximum atomic E-state index is 12.3. The standard InChI is InChI=1S/C19H28ClN3O2/c1-16(17-4-2-3-5-18(17)20)22-10-8-21(9-11-22)7-6-19(24)23-12-14-25-15-13-23/h2-5,16H,6-15H2,1H3. The van der Waals surface area contributed by atoms with Gasteiger partial charge in [-0.25, -0.2) is 0 Å². The smallest absolute Gasteiger partial charge is 0.224 e. The quantitative estimate of drug-likeness (QED) is 0.802. The summed E-state index contributed by atoms with van der Waals surface area (Å²) in [5, 5.41) is 0.841. The molecule has 0 saturated carbocycles. The van der Waals surface area contributed by atoms with Crippen molar-refractivity contribution in [3.63, 3.8) is 0 Å². The molecule has 2 aliphatic heterocycles. The van der Waals surface area contributed by atoms with E-state index in [2.05, 4.69) is 22.8 Å². The van der Waals surface area contributed by atoms with E-state index in [0.29, 0.717) is 25.7 Å². The molecular weight excluding hydrogens is 338 g/mol. The molecule has 1 atom stereocenters. The first kappa shape index (κ1) is 18.6. The van der Waals surface area contributed by atoms with E-state index in [0.717, 1.165) is 50.8 Å². The number of morpholine rings is 1. The molecule has 1 aromatic carbocycles. The second kappa shape index (κ2) is 8.99. The van der Waals surface area contributed by atoms with E-state index in [9.17, 15) is 4.79 Å². The van der Waals surface area contributed by atoms with Crippen molar-refractivity contribution < 1.29 is 9.53 Å². The minimum Gasteiger partial charge on any atom is -0.378 e. The maximum Gasteiger partial charge on any atom is 0.224 e. The third-order valence-electron chi connectivity index (χ3n) is 5.32. The van der Waals surface area contributed by atoms with Gasteiger partial charge in [0.1, 0.15) is 0 Å². The number of nitrogens with zero attached hydrogens (tertiary/aromatic N) is 3. The minimum absolute atomic E-state index is 0.259. The Morgan fingerprint density at radius 3 is 2.48 bits per heavy atom. The zero-order valence-corrected chi connectivity index (χ0v) is 15.7. The molecule has 0 radical (unpaired) electrons. The van der Waals surface area contributed by atoms with Gasteiger partial charge < -0.3 is 14.5 Å². The van der Waals surface area contributed by atoms with E-state index in [4.69, 9.17) is 16.3 Å². The molecule has 25 heavy (non-hydrogen) atoms. The summed E-state index contributed by atoms with van der Waals surface area (Å²) < 4.78 is 5.30. The average Bonchev–Trinajstić information content (AvgIpc) is 2.67. The number of hydrogen-bond donors (Lipinski definition) is 0. The van der Waals surface area contributed by atoms with Crippen LogP contribution >= 0.6 is 11.6 Å². The molecule has 2 fully saturated rings. The van der Waals surface area contributed by atoms with Crippen molar-refractivity contribution in [3.05, 3.63) is 34.9 Å². The highest BCUT2D eigenvalue weighted by Gasteiger charge is 2.24.